The molecule has 0 saturated heterocycles. The Kier molecular flexibility index (Phi) is 6.78. The molecule has 2 amide bonds. The first kappa shape index (κ1) is 22.9. The summed E-state index contributed by atoms with van der Waals surface area (Å²) >= 11 is 0. The summed E-state index contributed by atoms with van der Waals surface area (Å²) in [6.45, 7) is 2.18. The number of hydrogen-bond acceptors (Lipinski definition) is 4. The standard InChI is InChI=1S/C21H23F3N2O4S/c1-2-10-31(28,29)17-8-9-19(30-13-14-6-7-14)18(12-17)26-20(27)25-16-5-3-4-15(11-16)21(22,23)24/h3-5,8-9,11-12,14H,2,6-7,10,13H2,1H3,(H2,25,26,27). The van der Waals surface area contributed by atoms with Gasteiger partial charge < -0.3 is 15.4 Å². The van der Waals surface area contributed by atoms with Crippen LogP contribution < -0.4 is 15.4 Å². The second-order valence-electron chi connectivity index (χ2n) is 7.39. The smallest absolute Gasteiger partial charge is 0.416 e. The first-order valence-electron chi connectivity index (χ1n) is 9.83. The Morgan fingerprint density at radius 2 is 1.87 bits per heavy atom. The molecule has 0 spiro atoms. The van der Waals surface area contributed by atoms with Crippen molar-refractivity contribution >= 4 is 27.2 Å². The van der Waals surface area contributed by atoms with E-state index in [1.54, 1.807) is 6.92 Å². The van der Waals surface area contributed by atoms with Crippen molar-refractivity contribution < 1.29 is 31.1 Å². The minimum absolute atomic E-state index is 0.0301. The fourth-order valence-electron chi connectivity index (χ4n) is 2.86. The summed E-state index contributed by atoms with van der Waals surface area (Å²) in [7, 11) is -3.54. The van der Waals surface area contributed by atoms with Crippen LogP contribution in [-0.2, 0) is 16.0 Å². The van der Waals surface area contributed by atoms with Crippen molar-refractivity contribution in [1.82, 2.24) is 0 Å². The Hall–Kier alpha value is -2.75. The third-order valence-corrected chi connectivity index (χ3v) is 6.57. The zero-order valence-corrected chi connectivity index (χ0v) is 17.6. The van der Waals surface area contributed by atoms with E-state index in [0.717, 1.165) is 25.0 Å². The molecule has 31 heavy (non-hydrogen) atoms. The molecule has 2 aromatic rings. The van der Waals surface area contributed by atoms with E-state index in [1.165, 1.54) is 30.3 Å². The fourth-order valence-corrected chi connectivity index (χ4v) is 4.21. The van der Waals surface area contributed by atoms with Crippen LogP contribution in [0.1, 0.15) is 31.7 Å². The minimum Gasteiger partial charge on any atom is -0.491 e. The molecule has 6 nitrogen and oxygen atoms in total. The van der Waals surface area contributed by atoms with Crippen molar-refractivity contribution in [3.63, 3.8) is 0 Å². The van der Waals surface area contributed by atoms with Gasteiger partial charge in [-0.05, 0) is 61.6 Å². The lowest BCUT2D eigenvalue weighted by Crippen LogP contribution is -2.21. The molecular weight excluding hydrogens is 433 g/mol. The number of sulfone groups is 1. The monoisotopic (exact) mass is 456 g/mol. The zero-order chi connectivity index (χ0) is 22.6. The topological polar surface area (TPSA) is 84.5 Å². The number of rotatable bonds is 8. The van der Waals surface area contributed by atoms with Gasteiger partial charge in [0, 0.05) is 5.69 Å². The third-order valence-electron chi connectivity index (χ3n) is 4.65. The van der Waals surface area contributed by atoms with Gasteiger partial charge in [0.2, 0.25) is 0 Å². The highest BCUT2D eigenvalue weighted by molar-refractivity contribution is 7.91. The second kappa shape index (κ2) is 9.17. The van der Waals surface area contributed by atoms with E-state index >= 15 is 0 Å². The van der Waals surface area contributed by atoms with Gasteiger partial charge in [0.15, 0.2) is 9.84 Å². The van der Waals surface area contributed by atoms with Crippen LogP contribution in [0.15, 0.2) is 47.4 Å². The quantitative estimate of drug-likeness (QED) is 0.563. The number of carbonyl (C=O) groups is 1. The number of nitrogens with one attached hydrogen (secondary N) is 2. The molecule has 2 aromatic carbocycles. The lowest BCUT2D eigenvalue weighted by Gasteiger charge is -2.15. The van der Waals surface area contributed by atoms with Gasteiger partial charge in [-0.25, -0.2) is 13.2 Å². The van der Waals surface area contributed by atoms with Gasteiger partial charge in [-0.3, -0.25) is 0 Å². The summed E-state index contributed by atoms with van der Waals surface area (Å²) in [6, 6.07) is 7.59. The molecule has 1 saturated carbocycles. The molecule has 0 heterocycles. The number of anilines is 2. The van der Waals surface area contributed by atoms with Gasteiger partial charge in [-0.1, -0.05) is 13.0 Å². The number of amides is 2. The number of ether oxygens (including phenoxy) is 1. The number of hydrogen-bond donors (Lipinski definition) is 2. The first-order chi connectivity index (χ1) is 14.6. The summed E-state index contributed by atoms with van der Waals surface area (Å²) in [4.78, 5) is 12.5. The minimum atomic E-state index is -4.54. The van der Waals surface area contributed by atoms with E-state index in [-0.39, 0.29) is 22.0 Å². The molecular formula is C21H23F3N2O4S. The molecule has 3 rings (SSSR count). The van der Waals surface area contributed by atoms with E-state index in [9.17, 15) is 26.4 Å². The third kappa shape index (κ3) is 6.36. The van der Waals surface area contributed by atoms with E-state index in [2.05, 4.69) is 10.6 Å². The van der Waals surface area contributed by atoms with E-state index < -0.39 is 27.6 Å². The summed E-state index contributed by atoms with van der Waals surface area (Å²) in [5.74, 6) is 0.669. The van der Waals surface area contributed by atoms with Gasteiger partial charge in [0.1, 0.15) is 5.75 Å². The lowest BCUT2D eigenvalue weighted by molar-refractivity contribution is -0.137. The second-order valence-corrected chi connectivity index (χ2v) is 9.50. The molecule has 0 atom stereocenters. The SMILES string of the molecule is CCCS(=O)(=O)c1ccc(OCC2CC2)c(NC(=O)Nc2cccc(C(F)(F)F)c2)c1. The molecule has 0 bridgehead atoms. The van der Waals surface area contributed by atoms with Crippen LogP contribution in [0.2, 0.25) is 0 Å². The average Bonchev–Trinajstić information content (AvgIpc) is 3.51. The molecule has 0 radical (unpaired) electrons. The van der Waals surface area contributed by atoms with Crippen LogP contribution in [0, 0.1) is 5.92 Å². The van der Waals surface area contributed by atoms with Crippen molar-refractivity contribution in [2.24, 2.45) is 5.92 Å². The van der Waals surface area contributed by atoms with Gasteiger partial charge in [-0.15, -0.1) is 0 Å². The van der Waals surface area contributed by atoms with Crippen LogP contribution >= 0.6 is 0 Å². The van der Waals surface area contributed by atoms with Gasteiger partial charge in [-0.2, -0.15) is 13.2 Å². The number of alkyl halides is 3. The molecule has 168 valence electrons. The zero-order valence-electron chi connectivity index (χ0n) is 16.8. The molecule has 1 aliphatic rings. The van der Waals surface area contributed by atoms with Gasteiger partial charge >= 0.3 is 12.2 Å². The fraction of sp³-hybridized carbons (Fsp3) is 0.381. The molecule has 10 heteroatoms. The van der Waals surface area contributed by atoms with Crippen molar-refractivity contribution in [2.75, 3.05) is 23.0 Å². The predicted molar refractivity (Wildman–Crippen MR) is 111 cm³/mol. The summed E-state index contributed by atoms with van der Waals surface area (Å²) in [6.07, 6.45) is -2.02. The number of urea groups is 1. The van der Waals surface area contributed by atoms with Crippen molar-refractivity contribution in [3.05, 3.63) is 48.0 Å². The highest BCUT2D eigenvalue weighted by Crippen LogP contribution is 2.34. The van der Waals surface area contributed by atoms with Crippen LogP contribution in [0.4, 0.5) is 29.3 Å². The van der Waals surface area contributed by atoms with Gasteiger partial charge in [0.25, 0.3) is 0 Å². The molecule has 0 unspecified atom stereocenters. The Bertz CT molecular complexity index is 1050. The molecule has 0 aromatic heterocycles. The normalized spacial score (nSPS) is 14.2. The van der Waals surface area contributed by atoms with Crippen LogP contribution in [-0.4, -0.2) is 26.8 Å². The first-order valence-corrected chi connectivity index (χ1v) is 11.5. The summed E-state index contributed by atoms with van der Waals surface area (Å²) in [5.41, 5.74) is -0.823. The Morgan fingerprint density at radius 3 is 2.52 bits per heavy atom. The number of carbonyl (C=O) groups excluding carboxylic acids is 1. The number of benzene rings is 2. The van der Waals surface area contributed by atoms with Crippen LogP contribution in [0.5, 0.6) is 5.75 Å². The Morgan fingerprint density at radius 1 is 1.13 bits per heavy atom. The van der Waals surface area contributed by atoms with E-state index in [1.807, 2.05) is 0 Å². The van der Waals surface area contributed by atoms with Crippen LogP contribution in [0.25, 0.3) is 0 Å². The predicted octanol–water partition coefficient (Wildman–Crippen LogP) is 5.32. The summed E-state index contributed by atoms with van der Waals surface area (Å²) < 4.78 is 69.2. The van der Waals surface area contributed by atoms with E-state index in [4.69, 9.17) is 4.74 Å². The maximum absolute atomic E-state index is 12.9. The van der Waals surface area contributed by atoms with Gasteiger partial charge in [0.05, 0.1) is 28.5 Å². The highest BCUT2D eigenvalue weighted by Gasteiger charge is 2.30. The number of halogens is 3. The maximum atomic E-state index is 12.9. The van der Waals surface area contributed by atoms with Crippen molar-refractivity contribution in [2.45, 2.75) is 37.3 Å². The summed E-state index contributed by atoms with van der Waals surface area (Å²) in [5, 5.41) is 4.83. The Balaban J connectivity index is 1.81. The maximum Gasteiger partial charge on any atom is 0.416 e. The average molecular weight is 456 g/mol. The largest absolute Gasteiger partial charge is 0.491 e. The van der Waals surface area contributed by atoms with Crippen molar-refractivity contribution in [1.29, 1.82) is 0 Å². The van der Waals surface area contributed by atoms with E-state index in [0.29, 0.717) is 24.7 Å². The Labute approximate surface area is 178 Å². The van der Waals surface area contributed by atoms with Crippen molar-refractivity contribution in [3.8, 4) is 5.75 Å². The van der Waals surface area contributed by atoms with Crippen LogP contribution in [0.3, 0.4) is 0 Å². The molecule has 1 aliphatic carbocycles. The molecule has 0 aliphatic heterocycles. The lowest BCUT2D eigenvalue weighted by atomic mass is 10.2. The highest BCUT2D eigenvalue weighted by atomic mass is 32.2. The molecule has 1 fully saturated rings. The molecule has 2 N–H and O–H groups in total.